The number of carbonyl (C=O) groups is 1. The van der Waals surface area contributed by atoms with Crippen LogP contribution < -0.4 is 0 Å². The lowest BCUT2D eigenvalue weighted by atomic mass is 10.0. The second-order valence-electron chi connectivity index (χ2n) is 11.6. The predicted octanol–water partition coefficient (Wildman–Crippen LogP) is 8.19. The van der Waals surface area contributed by atoms with E-state index in [2.05, 4.69) is 6.92 Å². The van der Waals surface area contributed by atoms with Crippen LogP contribution in [0.4, 0.5) is 0 Å². The van der Waals surface area contributed by atoms with Crippen molar-refractivity contribution in [3.63, 3.8) is 0 Å². The monoisotopic (exact) mass is 550 g/mol. The number of likely N-dealkylation sites (N-methyl/N-ethyl adjacent to an activating group) is 1. The summed E-state index contributed by atoms with van der Waals surface area (Å²) in [7, 11) is 1.75. The molecule has 0 amide bonds. The summed E-state index contributed by atoms with van der Waals surface area (Å²) in [5.41, 5.74) is 0. The highest BCUT2D eigenvalue weighted by Gasteiger charge is 2.28. The van der Waals surface area contributed by atoms with Gasteiger partial charge in [0.1, 0.15) is 25.9 Å². The molecule has 0 aliphatic carbocycles. The highest BCUT2D eigenvalue weighted by molar-refractivity contribution is 7.47. The van der Waals surface area contributed by atoms with Crippen LogP contribution in [0.15, 0.2) is 0 Å². The Morgan fingerprint density at radius 2 is 1.16 bits per heavy atom. The Morgan fingerprint density at radius 1 is 0.757 bits per heavy atom. The van der Waals surface area contributed by atoms with E-state index < -0.39 is 19.9 Å². The van der Waals surface area contributed by atoms with Gasteiger partial charge in [-0.25, -0.2) is 4.57 Å². The second kappa shape index (κ2) is 23.4. The molecule has 1 N–H and O–H groups in total. The number of quaternary nitrogens is 1. The first-order valence-corrected chi connectivity index (χ1v) is 16.6. The molecule has 0 aromatic rings. The molecule has 2 atom stereocenters. The molecule has 0 fully saturated rings. The number of esters is 1. The number of phosphoric acid groups is 1. The molecule has 0 rings (SSSR count). The van der Waals surface area contributed by atoms with Gasteiger partial charge in [-0.3, -0.25) is 13.8 Å². The van der Waals surface area contributed by atoms with Gasteiger partial charge in [0, 0.05) is 6.92 Å². The summed E-state index contributed by atoms with van der Waals surface area (Å²) in [4.78, 5) is 21.3. The average molecular weight is 551 g/mol. The molecule has 0 aromatic carbocycles. The van der Waals surface area contributed by atoms with Crippen LogP contribution in [-0.4, -0.2) is 62.4 Å². The summed E-state index contributed by atoms with van der Waals surface area (Å²) >= 11 is 0. The Kier molecular flexibility index (Phi) is 23.1. The Labute approximate surface area is 229 Å². The van der Waals surface area contributed by atoms with E-state index in [0.717, 1.165) is 19.3 Å². The van der Waals surface area contributed by atoms with E-state index in [-0.39, 0.29) is 13.2 Å². The van der Waals surface area contributed by atoms with Gasteiger partial charge < -0.3 is 14.1 Å². The van der Waals surface area contributed by atoms with Crippen LogP contribution >= 0.6 is 7.82 Å². The first kappa shape index (κ1) is 36.5. The molecular formula is C29H61NO6P+. The molecule has 7 nitrogen and oxygen atoms in total. The van der Waals surface area contributed by atoms with Crippen molar-refractivity contribution in [2.75, 3.05) is 40.9 Å². The van der Waals surface area contributed by atoms with Crippen molar-refractivity contribution < 1.29 is 32.5 Å². The van der Waals surface area contributed by atoms with Crippen molar-refractivity contribution in [3.8, 4) is 0 Å². The SMILES string of the molecule is CCCCCCCCCCCCCCCCCCCCC(COC(C)=O)OP(=O)(O)OCC[N+](C)(C)C. The molecular weight excluding hydrogens is 489 g/mol. The van der Waals surface area contributed by atoms with Gasteiger partial charge >= 0.3 is 13.8 Å². The van der Waals surface area contributed by atoms with E-state index in [1.165, 1.54) is 103 Å². The first-order valence-electron chi connectivity index (χ1n) is 15.2. The molecule has 8 heteroatoms. The van der Waals surface area contributed by atoms with Crippen LogP contribution in [0.2, 0.25) is 0 Å². The summed E-state index contributed by atoms with van der Waals surface area (Å²) in [6.07, 6.45) is 23.5. The van der Waals surface area contributed by atoms with Crippen LogP contribution in [-0.2, 0) is 23.1 Å². The first-order chi connectivity index (χ1) is 17.6. The van der Waals surface area contributed by atoms with E-state index in [1.54, 1.807) is 0 Å². The van der Waals surface area contributed by atoms with Crippen LogP contribution in [0.1, 0.15) is 136 Å². The van der Waals surface area contributed by atoms with Crippen LogP contribution in [0.25, 0.3) is 0 Å². The highest BCUT2D eigenvalue weighted by Crippen LogP contribution is 2.45. The Morgan fingerprint density at radius 3 is 1.54 bits per heavy atom. The summed E-state index contributed by atoms with van der Waals surface area (Å²) < 4.78 is 28.4. The Hall–Kier alpha value is -0.460. The molecule has 0 radical (unpaired) electrons. The largest absolute Gasteiger partial charge is 0.472 e. The lowest BCUT2D eigenvalue weighted by Crippen LogP contribution is -2.37. The summed E-state index contributed by atoms with van der Waals surface area (Å²) in [6, 6.07) is 0. The van der Waals surface area contributed by atoms with Gasteiger partial charge in [-0.1, -0.05) is 122 Å². The van der Waals surface area contributed by atoms with E-state index in [4.69, 9.17) is 13.8 Å². The minimum absolute atomic E-state index is 0.0302. The number of hydrogen-bond donors (Lipinski definition) is 1. The molecule has 0 spiro atoms. The quantitative estimate of drug-likeness (QED) is 0.0480. The van der Waals surface area contributed by atoms with E-state index in [9.17, 15) is 14.3 Å². The summed E-state index contributed by atoms with van der Waals surface area (Å²) in [6.45, 7) is 4.27. The minimum Gasteiger partial charge on any atom is -0.463 e. The van der Waals surface area contributed by atoms with E-state index >= 15 is 0 Å². The molecule has 37 heavy (non-hydrogen) atoms. The van der Waals surface area contributed by atoms with Gasteiger partial charge in [-0.2, -0.15) is 0 Å². The maximum Gasteiger partial charge on any atom is 0.472 e. The Bertz CT molecular complexity index is 581. The third-order valence-electron chi connectivity index (χ3n) is 6.65. The standard InChI is InChI=1S/C29H60NO6P/c1-6-7-8-9-10-11-12-13-14-15-16-17-18-19-20-21-22-23-24-29(27-34-28(2)31)36-37(32,33)35-26-25-30(3,4)5/h29H,6-27H2,1-5H3/p+1. The highest BCUT2D eigenvalue weighted by atomic mass is 31.2. The van der Waals surface area contributed by atoms with Crippen LogP contribution in [0.3, 0.4) is 0 Å². The maximum absolute atomic E-state index is 12.3. The number of rotatable bonds is 27. The summed E-state index contributed by atoms with van der Waals surface area (Å²) in [5, 5.41) is 0. The molecule has 0 saturated carbocycles. The lowest BCUT2D eigenvalue weighted by Gasteiger charge is -2.25. The number of nitrogens with zero attached hydrogens (tertiary/aromatic N) is 1. The zero-order valence-electron chi connectivity index (χ0n) is 25.0. The number of phosphoric ester groups is 1. The van der Waals surface area contributed by atoms with Gasteiger partial charge in [0.15, 0.2) is 0 Å². The fraction of sp³-hybridized carbons (Fsp3) is 0.966. The predicted molar refractivity (Wildman–Crippen MR) is 154 cm³/mol. The van der Waals surface area contributed by atoms with Gasteiger partial charge in [0.25, 0.3) is 0 Å². The van der Waals surface area contributed by atoms with Crippen molar-refractivity contribution in [2.24, 2.45) is 0 Å². The number of hydrogen-bond acceptors (Lipinski definition) is 5. The smallest absolute Gasteiger partial charge is 0.463 e. The third kappa shape index (κ3) is 28.4. The van der Waals surface area contributed by atoms with Gasteiger partial charge in [0.05, 0.1) is 21.1 Å². The number of carbonyl (C=O) groups excluding carboxylic acids is 1. The van der Waals surface area contributed by atoms with E-state index in [0.29, 0.717) is 17.4 Å². The third-order valence-corrected chi connectivity index (χ3v) is 7.72. The fourth-order valence-corrected chi connectivity index (χ4v) is 5.22. The zero-order valence-corrected chi connectivity index (χ0v) is 25.9. The topological polar surface area (TPSA) is 82.1 Å². The molecule has 0 bridgehead atoms. The average Bonchev–Trinajstić information content (AvgIpc) is 2.80. The molecule has 222 valence electrons. The molecule has 0 aliphatic rings. The van der Waals surface area contributed by atoms with Crippen molar-refractivity contribution in [2.45, 2.75) is 142 Å². The zero-order chi connectivity index (χ0) is 27.8. The fourth-order valence-electron chi connectivity index (χ4n) is 4.30. The molecule has 0 heterocycles. The maximum atomic E-state index is 12.3. The molecule has 2 unspecified atom stereocenters. The van der Waals surface area contributed by atoms with Gasteiger partial charge in [0.2, 0.25) is 0 Å². The normalized spacial score (nSPS) is 14.4. The molecule has 0 saturated heterocycles. The number of ether oxygens (including phenoxy) is 1. The second-order valence-corrected chi connectivity index (χ2v) is 13.1. The van der Waals surface area contributed by atoms with Crippen molar-refractivity contribution in [1.29, 1.82) is 0 Å². The lowest BCUT2D eigenvalue weighted by molar-refractivity contribution is -0.870. The Balaban J connectivity index is 3.79. The van der Waals surface area contributed by atoms with Crippen LogP contribution in [0.5, 0.6) is 0 Å². The molecule has 0 aliphatic heterocycles. The summed E-state index contributed by atoms with van der Waals surface area (Å²) in [5.74, 6) is -0.426. The van der Waals surface area contributed by atoms with Crippen molar-refractivity contribution >= 4 is 13.8 Å². The van der Waals surface area contributed by atoms with E-state index in [1.807, 2.05) is 21.1 Å². The number of unbranched alkanes of at least 4 members (excludes halogenated alkanes) is 17. The molecule has 0 aromatic heterocycles. The van der Waals surface area contributed by atoms with Crippen molar-refractivity contribution in [3.05, 3.63) is 0 Å². The van der Waals surface area contributed by atoms with Gasteiger partial charge in [-0.05, 0) is 6.42 Å². The van der Waals surface area contributed by atoms with Crippen molar-refractivity contribution in [1.82, 2.24) is 0 Å². The van der Waals surface area contributed by atoms with Crippen LogP contribution in [0, 0.1) is 0 Å². The van der Waals surface area contributed by atoms with Gasteiger partial charge in [-0.15, -0.1) is 0 Å². The minimum atomic E-state index is -4.19.